The van der Waals surface area contributed by atoms with Crippen LogP contribution in [0.5, 0.6) is 0 Å². The van der Waals surface area contributed by atoms with Crippen molar-refractivity contribution in [2.24, 2.45) is 9.98 Å². The van der Waals surface area contributed by atoms with Crippen molar-refractivity contribution in [3.05, 3.63) is 42.2 Å². The first-order valence-electron chi connectivity index (χ1n) is 5.45. The molecule has 3 heteroatoms. The van der Waals surface area contributed by atoms with Crippen molar-refractivity contribution < 1.29 is 0 Å². The summed E-state index contributed by atoms with van der Waals surface area (Å²) in [6.45, 7) is 4.01. The van der Waals surface area contributed by atoms with Gasteiger partial charge in [0.05, 0.1) is 0 Å². The molecule has 1 aromatic rings. The molecule has 0 aromatic carbocycles. The molecule has 1 fully saturated rings. The summed E-state index contributed by atoms with van der Waals surface area (Å²) in [5, 5.41) is 0. The van der Waals surface area contributed by atoms with Crippen molar-refractivity contribution in [1.82, 2.24) is 4.98 Å². The third kappa shape index (κ3) is 2.24. The topological polar surface area (TPSA) is 37.6 Å². The van der Waals surface area contributed by atoms with Crippen LogP contribution in [-0.4, -0.2) is 23.6 Å². The van der Waals surface area contributed by atoms with Crippen LogP contribution in [0.1, 0.15) is 25.0 Å². The predicted octanol–water partition coefficient (Wildman–Crippen LogP) is 2.64. The van der Waals surface area contributed by atoms with Gasteiger partial charge in [-0.05, 0) is 37.0 Å². The average Bonchev–Trinajstić information content (AvgIpc) is 2.73. The Morgan fingerprint density at radius 1 is 1.38 bits per heavy atom. The number of allylic oxidation sites excluding steroid dienone is 1. The van der Waals surface area contributed by atoms with E-state index in [0.29, 0.717) is 5.84 Å². The van der Waals surface area contributed by atoms with E-state index in [9.17, 15) is 0 Å². The number of pyridine rings is 1. The van der Waals surface area contributed by atoms with Gasteiger partial charge in [-0.3, -0.25) is 9.98 Å². The first kappa shape index (κ1) is 10.7. The zero-order valence-electron chi connectivity index (χ0n) is 9.48. The lowest BCUT2D eigenvalue weighted by atomic mass is 10.2. The van der Waals surface area contributed by atoms with Crippen LogP contribution in [0.3, 0.4) is 0 Å². The minimum absolute atomic E-state index is 0.693. The maximum Gasteiger partial charge on any atom is 0.173 e. The third-order valence-corrected chi connectivity index (χ3v) is 2.65. The van der Waals surface area contributed by atoms with E-state index in [-0.39, 0.29) is 0 Å². The smallest absolute Gasteiger partial charge is 0.173 e. The van der Waals surface area contributed by atoms with Crippen molar-refractivity contribution in [3.63, 3.8) is 0 Å². The Balaban J connectivity index is 2.29. The fraction of sp³-hybridized carbons (Fsp3) is 0.308. The van der Waals surface area contributed by atoms with E-state index in [2.05, 4.69) is 21.5 Å². The second-order valence-electron chi connectivity index (χ2n) is 3.78. The van der Waals surface area contributed by atoms with E-state index in [0.717, 1.165) is 36.2 Å². The molecule has 0 amide bonds. The molecular formula is C13H15N3. The summed E-state index contributed by atoms with van der Waals surface area (Å²) in [7, 11) is 1.74. The Labute approximate surface area is 95.7 Å². The fourth-order valence-electron chi connectivity index (χ4n) is 1.77. The number of hydrogen-bond acceptors (Lipinski definition) is 2. The molecular weight excluding hydrogens is 198 g/mol. The Morgan fingerprint density at radius 2 is 2.25 bits per heavy atom. The standard InChI is InChI=1S/C13H15N3/c1-10-6-5-8-11(10)16-13(14-2)12-7-3-4-9-15-12/h3-4,7,9H,1,5-6,8H2,2H3. The molecule has 1 heterocycles. The summed E-state index contributed by atoms with van der Waals surface area (Å²) in [6.07, 6.45) is 4.96. The van der Waals surface area contributed by atoms with Gasteiger partial charge in [-0.2, -0.15) is 0 Å². The van der Waals surface area contributed by atoms with E-state index in [1.54, 1.807) is 13.2 Å². The molecule has 0 aliphatic heterocycles. The molecule has 0 radical (unpaired) electrons. The minimum Gasteiger partial charge on any atom is -0.268 e. The van der Waals surface area contributed by atoms with Crippen molar-refractivity contribution in [1.29, 1.82) is 0 Å². The van der Waals surface area contributed by atoms with Crippen LogP contribution in [-0.2, 0) is 0 Å². The van der Waals surface area contributed by atoms with Gasteiger partial charge >= 0.3 is 0 Å². The van der Waals surface area contributed by atoms with Gasteiger partial charge in [-0.1, -0.05) is 12.6 Å². The number of aromatic nitrogens is 1. The second-order valence-corrected chi connectivity index (χ2v) is 3.78. The van der Waals surface area contributed by atoms with Gasteiger partial charge in [0, 0.05) is 19.0 Å². The zero-order valence-corrected chi connectivity index (χ0v) is 9.48. The van der Waals surface area contributed by atoms with Gasteiger partial charge < -0.3 is 0 Å². The highest BCUT2D eigenvalue weighted by Crippen LogP contribution is 2.20. The van der Waals surface area contributed by atoms with Crippen molar-refractivity contribution in [2.75, 3.05) is 7.05 Å². The monoisotopic (exact) mass is 213 g/mol. The van der Waals surface area contributed by atoms with Crippen LogP contribution in [0, 0.1) is 0 Å². The molecule has 0 spiro atoms. The molecule has 1 aliphatic rings. The molecule has 0 atom stereocenters. The summed E-state index contributed by atoms with van der Waals surface area (Å²) in [4.78, 5) is 13.0. The van der Waals surface area contributed by atoms with E-state index in [1.165, 1.54) is 0 Å². The summed E-state index contributed by atoms with van der Waals surface area (Å²) in [6, 6.07) is 5.75. The SMILES string of the molecule is C=C1CCCC1=NC(=NC)c1ccccn1. The largest absolute Gasteiger partial charge is 0.268 e. The van der Waals surface area contributed by atoms with E-state index >= 15 is 0 Å². The highest BCUT2D eigenvalue weighted by atomic mass is 14.9. The Kier molecular flexibility index (Phi) is 3.25. The van der Waals surface area contributed by atoms with Gasteiger partial charge in [0.2, 0.25) is 0 Å². The number of rotatable bonds is 1. The normalized spacial score (nSPS) is 19.4. The van der Waals surface area contributed by atoms with E-state index < -0.39 is 0 Å². The maximum absolute atomic E-state index is 4.55. The number of amidine groups is 1. The van der Waals surface area contributed by atoms with E-state index in [1.807, 2.05) is 18.2 Å². The van der Waals surface area contributed by atoms with Crippen molar-refractivity contribution in [3.8, 4) is 0 Å². The Bertz CT molecular complexity index is 444. The summed E-state index contributed by atoms with van der Waals surface area (Å²) in [5.74, 6) is 0.693. The van der Waals surface area contributed by atoms with Crippen molar-refractivity contribution >= 4 is 11.5 Å². The van der Waals surface area contributed by atoms with E-state index in [4.69, 9.17) is 0 Å². The molecule has 2 rings (SSSR count). The second kappa shape index (κ2) is 4.84. The maximum atomic E-state index is 4.55. The lowest BCUT2D eigenvalue weighted by Gasteiger charge is -2.01. The van der Waals surface area contributed by atoms with Crippen LogP contribution in [0.25, 0.3) is 0 Å². The first-order chi connectivity index (χ1) is 7.81. The van der Waals surface area contributed by atoms with Gasteiger partial charge in [-0.25, -0.2) is 4.99 Å². The molecule has 0 N–H and O–H groups in total. The lowest BCUT2D eigenvalue weighted by molar-refractivity contribution is 0.948. The highest BCUT2D eigenvalue weighted by molar-refractivity contribution is 6.12. The molecule has 0 saturated heterocycles. The molecule has 0 unspecified atom stereocenters. The molecule has 1 aliphatic carbocycles. The lowest BCUT2D eigenvalue weighted by Crippen LogP contribution is -2.04. The quantitative estimate of drug-likeness (QED) is 0.522. The van der Waals surface area contributed by atoms with Crippen LogP contribution in [0.15, 0.2) is 46.5 Å². The molecule has 1 aromatic heterocycles. The van der Waals surface area contributed by atoms with Crippen LogP contribution < -0.4 is 0 Å². The Morgan fingerprint density at radius 3 is 2.81 bits per heavy atom. The highest BCUT2D eigenvalue weighted by Gasteiger charge is 2.14. The number of nitrogens with zero attached hydrogens (tertiary/aromatic N) is 3. The average molecular weight is 213 g/mol. The minimum atomic E-state index is 0.693. The molecule has 16 heavy (non-hydrogen) atoms. The Hall–Kier alpha value is -1.77. The molecule has 1 saturated carbocycles. The van der Waals surface area contributed by atoms with Crippen LogP contribution in [0.2, 0.25) is 0 Å². The third-order valence-electron chi connectivity index (χ3n) is 2.65. The van der Waals surface area contributed by atoms with Gasteiger partial charge in [0.1, 0.15) is 5.69 Å². The van der Waals surface area contributed by atoms with Gasteiger partial charge in [-0.15, -0.1) is 0 Å². The van der Waals surface area contributed by atoms with Crippen LogP contribution >= 0.6 is 0 Å². The summed E-state index contributed by atoms with van der Waals surface area (Å²) in [5.41, 5.74) is 3.03. The number of aliphatic imine (C=N–C) groups is 2. The number of hydrogen-bond donors (Lipinski definition) is 0. The first-order valence-corrected chi connectivity index (χ1v) is 5.45. The van der Waals surface area contributed by atoms with Gasteiger partial charge in [0.15, 0.2) is 5.84 Å². The molecule has 3 nitrogen and oxygen atoms in total. The van der Waals surface area contributed by atoms with Crippen molar-refractivity contribution in [2.45, 2.75) is 19.3 Å². The van der Waals surface area contributed by atoms with Gasteiger partial charge in [0.25, 0.3) is 0 Å². The summed E-state index contributed by atoms with van der Waals surface area (Å²) < 4.78 is 0. The molecule has 82 valence electrons. The zero-order chi connectivity index (χ0) is 11.4. The summed E-state index contributed by atoms with van der Waals surface area (Å²) >= 11 is 0. The fourth-order valence-corrected chi connectivity index (χ4v) is 1.77. The molecule has 0 bridgehead atoms. The predicted molar refractivity (Wildman–Crippen MR) is 67.1 cm³/mol. The van der Waals surface area contributed by atoms with Crippen LogP contribution in [0.4, 0.5) is 0 Å².